The van der Waals surface area contributed by atoms with Crippen LogP contribution in [-0.2, 0) is 4.79 Å². The Morgan fingerprint density at radius 2 is 1.68 bits per heavy atom. The van der Waals surface area contributed by atoms with E-state index in [1.54, 1.807) is 6.20 Å². The van der Waals surface area contributed by atoms with Crippen molar-refractivity contribution >= 4 is 17.6 Å². The van der Waals surface area contributed by atoms with E-state index >= 15 is 0 Å². The molecule has 0 spiro atoms. The van der Waals surface area contributed by atoms with Crippen molar-refractivity contribution in [3.8, 4) is 0 Å². The molecule has 2 aliphatic heterocycles. The van der Waals surface area contributed by atoms with Gasteiger partial charge in [-0.15, -0.1) is 0 Å². The molecule has 3 heterocycles. The molecule has 0 N–H and O–H groups in total. The number of piperazine rings is 1. The van der Waals surface area contributed by atoms with Crippen LogP contribution in [-0.4, -0.2) is 65.9 Å². The van der Waals surface area contributed by atoms with Gasteiger partial charge in [0.25, 0.3) is 5.91 Å². The van der Waals surface area contributed by atoms with Crippen molar-refractivity contribution in [2.45, 2.75) is 0 Å². The Morgan fingerprint density at radius 1 is 0.929 bits per heavy atom. The second kappa shape index (κ2) is 7.53. The largest absolute Gasteiger partial charge is 0.353 e. The first-order chi connectivity index (χ1) is 13.5. The lowest BCUT2D eigenvalue weighted by molar-refractivity contribution is -0.140. The first-order valence-corrected chi connectivity index (χ1v) is 9.22. The SMILES string of the molecule is O=C(c1ccc(F)c(F)c1)N1CC(C(=O)N2CCN(c3ccccn3)CC2)C1. The number of rotatable bonds is 3. The van der Waals surface area contributed by atoms with Crippen molar-refractivity contribution < 1.29 is 18.4 Å². The summed E-state index contributed by atoms with van der Waals surface area (Å²) in [6.45, 7) is 3.26. The van der Waals surface area contributed by atoms with Crippen LogP contribution in [0.2, 0.25) is 0 Å². The average molecular weight is 386 g/mol. The van der Waals surface area contributed by atoms with Gasteiger partial charge in [-0.3, -0.25) is 9.59 Å². The van der Waals surface area contributed by atoms with E-state index in [1.165, 1.54) is 11.0 Å². The Morgan fingerprint density at radius 3 is 2.32 bits per heavy atom. The summed E-state index contributed by atoms with van der Waals surface area (Å²) >= 11 is 0. The maximum atomic E-state index is 13.3. The predicted molar refractivity (Wildman–Crippen MR) is 98.8 cm³/mol. The number of hydrogen-bond acceptors (Lipinski definition) is 4. The van der Waals surface area contributed by atoms with Crippen molar-refractivity contribution in [1.82, 2.24) is 14.8 Å². The third-order valence-electron chi connectivity index (χ3n) is 5.25. The van der Waals surface area contributed by atoms with Crippen molar-refractivity contribution in [2.75, 3.05) is 44.2 Å². The Labute approximate surface area is 161 Å². The van der Waals surface area contributed by atoms with Gasteiger partial charge in [-0.2, -0.15) is 0 Å². The van der Waals surface area contributed by atoms with E-state index in [0.29, 0.717) is 39.3 Å². The highest BCUT2D eigenvalue weighted by Crippen LogP contribution is 2.23. The fourth-order valence-corrected chi connectivity index (χ4v) is 3.57. The van der Waals surface area contributed by atoms with E-state index in [4.69, 9.17) is 0 Å². The molecule has 28 heavy (non-hydrogen) atoms. The zero-order valence-corrected chi connectivity index (χ0v) is 15.2. The summed E-state index contributed by atoms with van der Waals surface area (Å²) in [5, 5.41) is 0. The van der Waals surface area contributed by atoms with Crippen LogP contribution in [0, 0.1) is 17.6 Å². The number of carbonyl (C=O) groups excluding carboxylic acids is 2. The molecule has 2 amide bonds. The summed E-state index contributed by atoms with van der Waals surface area (Å²) < 4.78 is 26.3. The number of carbonyl (C=O) groups is 2. The number of hydrogen-bond donors (Lipinski definition) is 0. The van der Waals surface area contributed by atoms with Crippen molar-refractivity contribution in [1.29, 1.82) is 0 Å². The lowest BCUT2D eigenvalue weighted by atomic mass is 9.96. The minimum Gasteiger partial charge on any atom is -0.353 e. The number of anilines is 1. The van der Waals surface area contributed by atoms with Gasteiger partial charge in [0.05, 0.1) is 5.92 Å². The van der Waals surface area contributed by atoms with Crippen LogP contribution in [0.15, 0.2) is 42.6 Å². The maximum Gasteiger partial charge on any atom is 0.254 e. The first kappa shape index (κ1) is 18.3. The van der Waals surface area contributed by atoms with E-state index in [2.05, 4.69) is 9.88 Å². The van der Waals surface area contributed by atoms with Gasteiger partial charge in [0.1, 0.15) is 5.82 Å². The van der Waals surface area contributed by atoms with Crippen LogP contribution in [0.5, 0.6) is 0 Å². The van der Waals surface area contributed by atoms with E-state index in [0.717, 1.165) is 18.0 Å². The zero-order valence-electron chi connectivity index (χ0n) is 15.2. The predicted octanol–water partition coefficient (Wildman–Crippen LogP) is 1.78. The normalized spacial score (nSPS) is 17.4. The number of benzene rings is 1. The standard InChI is InChI=1S/C20H20F2N4O2/c21-16-5-4-14(11-17(16)22)19(27)26-12-15(13-26)20(28)25-9-7-24(8-10-25)18-3-1-2-6-23-18/h1-6,11,15H,7-10,12-13H2. The second-order valence-electron chi connectivity index (χ2n) is 7.04. The quantitative estimate of drug-likeness (QED) is 0.807. The Balaban J connectivity index is 1.28. The van der Waals surface area contributed by atoms with E-state index in [-0.39, 0.29) is 23.3 Å². The van der Waals surface area contributed by atoms with Crippen molar-refractivity contribution in [2.24, 2.45) is 5.92 Å². The topological polar surface area (TPSA) is 56.8 Å². The van der Waals surface area contributed by atoms with E-state index in [9.17, 15) is 18.4 Å². The van der Waals surface area contributed by atoms with Gasteiger partial charge in [0, 0.05) is 51.0 Å². The minimum absolute atomic E-state index is 0.0370. The molecule has 2 aromatic rings. The zero-order chi connectivity index (χ0) is 19.7. The van der Waals surface area contributed by atoms with Gasteiger partial charge < -0.3 is 14.7 Å². The Kier molecular flexibility index (Phi) is 4.93. The molecule has 0 saturated carbocycles. The molecule has 0 bridgehead atoms. The van der Waals surface area contributed by atoms with Gasteiger partial charge in [-0.25, -0.2) is 13.8 Å². The van der Waals surface area contributed by atoms with Crippen LogP contribution in [0.25, 0.3) is 0 Å². The summed E-state index contributed by atoms with van der Waals surface area (Å²) in [5.41, 5.74) is 0.0915. The third-order valence-corrected chi connectivity index (χ3v) is 5.25. The van der Waals surface area contributed by atoms with E-state index < -0.39 is 11.6 Å². The van der Waals surface area contributed by atoms with Crippen LogP contribution in [0.3, 0.4) is 0 Å². The van der Waals surface area contributed by atoms with E-state index in [1.807, 2.05) is 23.1 Å². The van der Waals surface area contributed by atoms with Crippen LogP contribution < -0.4 is 4.90 Å². The van der Waals surface area contributed by atoms with Crippen LogP contribution in [0.4, 0.5) is 14.6 Å². The van der Waals surface area contributed by atoms with Gasteiger partial charge in [-0.05, 0) is 30.3 Å². The highest BCUT2D eigenvalue weighted by Gasteiger charge is 2.39. The summed E-state index contributed by atoms with van der Waals surface area (Å²) in [6, 6.07) is 8.84. The average Bonchev–Trinajstić information content (AvgIpc) is 2.69. The third kappa shape index (κ3) is 3.54. The molecule has 0 radical (unpaired) electrons. The first-order valence-electron chi connectivity index (χ1n) is 9.22. The molecule has 6 nitrogen and oxygen atoms in total. The summed E-state index contributed by atoms with van der Waals surface area (Å²) in [6.07, 6.45) is 1.75. The number of halogens is 2. The van der Waals surface area contributed by atoms with Gasteiger partial charge in [0.2, 0.25) is 5.91 Å². The highest BCUT2D eigenvalue weighted by molar-refractivity contribution is 5.96. The fourth-order valence-electron chi connectivity index (χ4n) is 3.57. The summed E-state index contributed by atoms with van der Waals surface area (Å²) in [7, 11) is 0. The van der Waals surface area contributed by atoms with Crippen LogP contribution >= 0.6 is 0 Å². The molecule has 1 aromatic heterocycles. The molecule has 1 aromatic carbocycles. The number of aromatic nitrogens is 1. The Hall–Kier alpha value is -3.03. The fraction of sp³-hybridized carbons (Fsp3) is 0.350. The molecule has 0 unspecified atom stereocenters. The van der Waals surface area contributed by atoms with Crippen molar-refractivity contribution in [3.63, 3.8) is 0 Å². The van der Waals surface area contributed by atoms with Crippen molar-refractivity contribution in [3.05, 3.63) is 59.8 Å². The van der Waals surface area contributed by atoms with Gasteiger partial charge in [-0.1, -0.05) is 6.07 Å². The molecular weight excluding hydrogens is 366 g/mol. The molecule has 2 fully saturated rings. The summed E-state index contributed by atoms with van der Waals surface area (Å²) in [5.74, 6) is -1.72. The minimum atomic E-state index is -1.05. The number of pyridine rings is 1. The lowest BCUT2D eigenvalue weighted by Gasteiger charge is -2.43. The molecule has 0 atom stereocenters. The monoisotopic (exact) mass is 386 g/mol. The van der Waals surface area contributed by atoms with Crippen LogP contribution in [0.1, 0.15) is 10.4 Å². The number of amides is 2. The second-order valence-corrected chi connectivity index (χ2v) is 7.04. The molecule has 2 saturated heterocycles. The number of nitrogens with zero attached hydrogens (tertiary/aromatic N) is 4. The lowest BCUT2D eigenvalue weighted by Crippen LogP contribution is -2.59. The molecule has 0 aliphatic carbocycles. The summed E-state index contributed by atoms with van der Waals surface area (Å²) in [4.78, 5) is 34.8. The molecule has 4 rings (SSSR count). The smallest absolute Gasteiger partial charge is 0.254 e. The Bertz CT molecular complexity index is 879. The highest BCUT2D eigenvalue weighted by atomic mass is 19.2. The molecule has 146 valence electrons. The van der Waals surface area contributed by atoms with Gasteiger partial charge in [0.15, 0.2) is 11.6 Å². The molecule has 2 aliphatic rings. The number of likely N-dealkylation sites (tertiary alicyclic amines) is 1. The maximum absolute atomic E-state index is 13.3. The van der Waals surface area contributed by atoms with Gasteiger partial charge >= 0.3 is 0 Å². The molecular formula is C20H20F2N4O2. The molecule has 8 heteroatoms.